The largest absolute Gasteiger partial charge is 0.302 e. The van der Waals surface area contributed by atoms with Crippen LogP contribution in [0.15, 0.2) is 41.3 Å². The van der Waals surface area contributed by atoms with Crippen molar-refractivity contribution >= 4 is 48.3 Å². The van der Waals surface area contributed by atoms with Crippen LogP contribution in [0.25, 0.3) is 10.2 Å². The molecule has 0 atom stereocenters. The molecular weight excluding hydrogens is 418 g/mol. The number of aryl methyl sites for hydroxylation is 1. The molecule has 3 aromatic rings. The van der Waals surface area contributed by atoms with Crippen LogP contribution in [-0.2, 0) is 14.8 Å². The molecule has 30 heavy (non-hydrogen) atoms. The molecule has 1 aliphatic carbocycles. The average molecular weight is 444 g/mol. The summed E-state index contributed by atoms with van der Waals surface area (Å²) in [5, 5.41) is 3.18. The molecule has 1 amide bonds. The highest BCUT2D eigenvalue weighted by atomic mass is 32.2. The van der Waals surface area contributed by atoms with Crippen molar-refractivity contribution in [3.8, 4) is 0 Å². The predicted octanol–water partition coefficient (Wildman–Crippen LogP) is 5.41. The Balaban J connectivity index is 1.56. The van der Waals surface area contributed by atoms with E-state index in [-0.39, 0.29) is 10.8 Å². The molecule has 2 N–H and O–H groups in total. The first-order valence-electron chi connectivity index (χ1n) is 10.1. The third kappa shape index (κ3) is 4.49. The van der Waals surface area contributed by atoms with Gasteiger partial charge in [-0.2, -0.15) is 0 Å². The molecule has 158 valence electrons. The first kappa shape index (κ1) is 20.8. The fourth-order valence-corrected chi connectivity index (χ4v) is 6.10. The summed E-state index contributed by atoms with van der Waals surface area (Å²) in [7, 11) is -3.69. The number of sulfonamides is 1. The lowest BCUT2D eigenvalue weighted by Gasteiger charge is -2.22. The van der Waals surface area contributed by atoms with E-state index in [1.54, 1.807) is 24.3 Å². The van der Waals surface area contributed by atoms with E-state index in [0.29, 0.717) is 16.7 Å². The van der Waals surface area contributed by atoms with Crippen molar-refractivity contribution in [2.45, 2.75) is 56.8 Å². The number of rotatable bonds is 5. The smallest absolute Gasteiger partial charge is 0.261 e. The molecule has 1 fully saturated rings. The van der Waals surface area contributed by atoms with Crippen LogP contribution in [0.5, 0.6) is 0 Å². The first-order valence-corrected chi connectivity index (χ1v) is 12.4. The van der Waals surface area contributed by atoms with E-state index in [1.807, 2.05) is 19.1 Å². The lowest BCUT2D eigenvalue weighted by molar-refractivity contribution is -0.114. The molecule has 2 aromatic carbocycles. The number of fused-ring (bicyclic) bond motifs is 1. The molecule has 0 unspecified atom stereocenters. The maximum Gasteiger partial charge on any atom is 0.261 e. The molecule has 0 radical (unpaired) electrons. The number of hydrogen-bond donors (Lipinski definition) is 2. The molecule has 1 heterocycles. The summed E-state index contributed by atoms with van der Waals surface area (Å²) in [4.78, 5) is 15.9. The molecular formula is C22H25N3O3S2. The van der Waals surface area contributed by atoms with E-state index in [2.05, 4.69) is 15.0 Å². The standard InChI is InChI=1S/C22H25N3O3S2/c1-14-12-18(13-20-21(14)24-22(29-20)23-15(2)26)25-30(27,28)19-10-8-17(9-11-19)16-6-4-3-5-7-16/h8-13,16,25H,3-7H2,1-2H3,(H,23,24,26). The summed E-state index contributed by atoms with van der Waals surface area (Å²) in [6, 6.07) is 10.8. The van der Waals surface area contributed by atoms with E-state index in [0.717, 1.165) is 15.8 Å². The number of nitrogens with zero attached hydrogens (tertiary/aromatic N) is 1. The van der Waals surface area contributed by atoms with Crippen LogP contribution in [0.4, 0.5) is 10.8 Å². The Morgan fingerprint density at radius 2 is 1.80 bits per heavy atom. The molecule has 0 spiro atoms. The number of aromatic nitrogens is 1. The SMILES string of the molecule is CC(=O)Nc1nc2c(C)cc(NS(=O)(=O)c3ccc(C4CCCCC4)cc3)cc2s1. The zero-order valence-electron chi connectivity index (χ0n) is 17.1. The molecule has 1 aliphatic rings. The second kappa shape index (κ2) is 8.35. The summed E-state index contributed by atoms with van der Waals surface area (Å²) < 4.78 is 29.3. The molecule has 1 saturated carbocycles. The van der Waals surface area contributed by atoms with Gasteiger partial charge in [0.05, 0.1) is 20.8 Å². The normalized spacial score (nSPS) is 15.3. The Kier molecular flexibility index (Phi) is 5.79. The summed E-state index contributed by atoms with van der Waals surface area (Å²) in [5.41, 5.74) is 3.30. The van der Waals surface area contributed by atoms with Crippen molar-refractivity contribution in [1.82, 2.24) is 4.98 Å². The Morgan fingerprint density at radius 3 is 2.47 bits per heavy atom. The maximum absolute atomic E-state index is 12.9. The Hall–Kier alpha value is -2.45. The third-order valence-corrected chi connectivity index (χ3v) is 7.80. The van der Waals surface area contributed by atoms with Crippen LogP contribution in [0.2, 0.25) is 0 Å². The Morgan fingerprint density at radius 1 is 1.10 bits per heavy atom. The molecule has 8 heteroatoms. The summed E-state index contributed by atoms with van der Waals surface area (Å²) in [6.45, 7) is 3.30. The average Bonchev–Trinajstić information content (AvgIpc) is 3.10. The van der Waals surface area contributed by atoms with Gasteiger partial charge < -0.3 is 5.32 Å². The van der Waals surface area contributed by atoms with Crippen LogP contribution >= 0.6 is 11.3 Å². The highest BCUT2D eigenvalue weighted by Gasteiger charge is 2.19. The van der Waals surface area contributed by atoms with E-state index in [1.165, 1.54) is 55.9 Å². The van der Waals surface area contributed by atoms with Gasteiger partial charge >= 0.3 is 0 Å². The highest BCUT2D eigenvalue weighted by Crippen LogP contribution is 2.34. The van der Waals surface area contributed by atoms with Gasteiger partial charge in [-0.15, -0.1) is 0 Å². The van der Waals surface area contributed by atoms with Crippen LogP contribution in [0, 0.1) is 6.92 Å². The molecule has 0 saturated heterocycles. The highest BCUT2D eigenvalue weighted by molar-refractivity contribution is 7.92. The van der Waals surface area contributed by atoms with Gasteiger partial charge in [0.1, 0.15) is 0 Å². The quantitative estimate of drug-likeness (QED) is 0.552. The molecule has 1 aromatic heterocycles. The fraction of sp³-hybridized carbons (Fsp3) is 0.364. The minimum Gasteiger partial charge on any atom is -0.302 e. The van der Waals surface area contributed by atoms with Gasteiger partial charge in [0.25, 0.3) is 10.0 Å². The van der Waals surface area contributed by atoms with Crippen molar-refractivity contribution in [3.05, 3.63) is 47.5 Å². The fourth-order valence-electron chi connectivity index (χ4n) is 4.03. The maximum atomic E-state index is 12.9. The zero-order valence-corrected chi connectivity index (χ0v) is 18.7. The first-order chi connectivity index (χ1) is 14.3. The minimum atomic E-state index is -3.69. The number of carbonyl (C=O) groups is 1. The molecule has 0 aliphatic heterocycles. The van der Waals surface area contributed by atoms with E-state index in [4.69, 9.17) is 0 Å². The van der Waals surface area contributed by atoms with Crippen molar-refractivity contribution < 1.29 is 13.2 Å². The number of benzene rings is 2. The summed E-state index contributed by atoms with van der Waals surface area (Å²) >= 11 is 1.32. The van der Waals surface area contributed by atoms with Crippen molar-refractivity contribution in [2.75, 3.05) is 10.0 Å². The third-order valence-electron chi connectivity index (χ3n) is 5.49. The molecule has 4 rings (SSSR count). The number of nitrogens with one attached hydrogen (secondary N) is 2. The van der Waals surface area contributed by atoms with Crippen molar-refractivity contribution in [3.63, 3.8) is 0 Å². The number of amides is 1. The number of carbonyl (C=O) groups excluding carboxylic acids is 1. The van der Waals surface area contributed by atoms with E-state index >= 15 is 0 Å². The number of thiazole rings is 1. The van der Waals surface area contributed by atoms with Gasteiger partial charge in [0.15, 0.2) is 5.13 Å². The second-order valence-corrected chi connectivity index (χ2v) is 10.6. The topological polar surface area (TPSA) is 88.2 Å². The van der Waals surface area contributed by atoms with Gasteiger partial charge in [-0.3, -0.25) is 9.52 Å². The number of hydrogen-bond acceptors (Lipinski definition) is 5. The van der Waals surface area contributed by atoms with Crippen LogP contribution < -0.4 is 10.0 Å². The van der Waals surface area contributed by atoms with Gasteiger partial charge in [-0.25, -0.2) is 13.4 Å². The van der Waals surface area contributed by atoms with Crippen LogP contribution in [0.1, 0.15) is 56.1 Å². The Labute approximate surface area is 180 Å². The van der Waals surface area contributed by atoms with Crippen molar-refractivity contribution in [1.29, 1.82) is 0 Å². The van der Waals surface area contributed by atoms with E-state index in [9.17, 15) is 13.2 Å². The number of anilines is 2. The van der Waals surface area contributed by atoms with Gasteiger partial charge in [0, 0.05) is 6.92 Å². The molecule has 0 bridgehead atoms. The summed E-state index contributed by atoms with van der Waals surface area (Å²) in [5.74, 6) is 0.349. The second-order valence-electron chi connectivity index (χ2n) is 7.85. The van der Waals surface area contributed by atoms with Crippen LogP contribution in [0.3, 0.4) is 0 Å². The van der Waals surface area contributed by atoms with Gasteiger partial charge in [-0.1, -0.05) is 42.7 Å². The monoisotopic (exact) mass is 443 g/mol. The van der Waals surface area contributed by atoms with Crippen molar-refractivity contribution in [2.24, 2.45) is 0 Å². The summed E-state index contributed by atoms with van der Waals surface area (Å²) in [6.07, 6.45) is 6.14. The minimum absolute atomic E-state index is 0.190. The van der Waals surface area contributed by atoms with E-state index < -0.39 is 10.0 Å². The lowest BCUT2D eigenvalue weighted by Crippen LogP contribution is -2.13. The predicted molar refractivity (Wildman–Crippen MR) is 122 cm³/mol. The molecule has 6 nitrogen and oxygen atoms in total. The lowest BCUT2D eigenvalue weighted by atomic mass is 9.84. The Bertz CT molecular complexity index is 1180. The van der Waals surface area contributed by atoms with Gasteiger partial charge in [0.2, 0.25) is 5.91 Å². The van der Waals surface area contributed by atoms with Gasteiger partial charge in [-0.05, 0) is 61.1 Å². The zero-order chi connectivity index (χ0) is 21.3. The van der Waals surface area contributed by atoms with Crippen LogP contribution in [-0.4, -0.2) is 19.3 Å².